The van der Waals surface area contributed by atoms with Crippen LogP contribution in [0.2, 0.25) is 0 Å². The molecule has 0 aromatic heterocycles. The van der Waals surface area contributed by atoms with Crippen LogP contribution in [0.5, 0.6) is 0 Å². The van der Waals surface area contributed by atoms with Gasteiger partial charge in [0.2, 0.25) is 21.8 Å². The maximum absolute atomic E-state index is 14.0. The molecule has 0 radical (unpaired) electrons. The van der Waals surface area contributed by atoms with Crippen molar-refractivity contribution in [3.63, 3.8) is 0 Å². The van der Waals surface area contributed by atoms with Crippen molar-refractivity contribution >= 4 is 45.1 Å². The summed E-state index contributed by atoms with van der Waals surface area (Å²) in [7, 11) is -3.06. The Bertz CT molecular complexity index is 1500. The summed E-state index contributed by atoms with van der Waals surface area (Å²) in [4.78, 5) is 50.8. The number of methoxy groups -OCH3 is 1. The van der Waals surface area contributed by atoms with E-state index in [9.17, 15) is 27.6 Å². The lowest BCUT2D eigenvalue weighted by Crippen LogP contribution is -2.46. The SMILES string of the molecule is COC(=O)c1ccc(N2C(=O)CC(N(C(C)c3ccccc3)S(=O)(=O)c3ccc(NC(C)=O)cc3)C2=O)cc1. The summed E-state index contributed by atoms with van der Waals surface area (Å²) >= 11 is 0. The van der Waals surface area contributed by atoms with Crippen LogP contribution in [0.25, 0.3) is 0 Å². The average molecular weight is 550 g/mol. The van der Waals surface area contributed by atoms with Gasteiger partial charge in [0, 0.05) is 18.7 Å². The number of imide groups is 1. The predicted octanol–water partition coefficient (Wildman–Crippen LogP) is 3.52. The average Bonchev–Trinajstić information content (AvgIpc) is 3.21. The first-order valence-corrected chi connectivity index (χ1v) is 13.5. The molecule has 0 aliphatic carbocycles. The highest BCUT2D eigenvalue weighted by Crippen LogP contribution is 2.36. The van der Waals surface area contributed by atoms with E-state index in [1.807, 2.05) is 0 Å². The van der Waals surface area contributed by atoms with Crippen LogP contribution < -0.4 is 10.2 Å². The Morgan fingerprint density at radius 2 is 1.59 bits per heavy atom. The van der Waals surface area contributed by atoms with Gasteiger partial charge in [-0.3, -0.25) is 14.4 Å². The van der Waals surface area contributed by atoms with E-state index in [1.165, 1.54) is 62.6 Å². The molecule has 3 amide bonds. The van der Waals surface area contributed by atoms with Gasteiger partial charge >= 0.3 is 5.97 Å². The van der Waals surface area contributed by atoms with Crippen LogP contribution in [0.15, 0.2) is 83.8 Å². The van der Waals surface area contributed by atoms with Crippen LogP contribution in [0, 0.1) is 0 Å². The van der Waals surface area contributed by atoms with Gasteiger partial charge in [-0.15, -0.1) is 0 Å². The molecule has 0 saturated carbocycles. The number of carbonyl (C=O) groups is 4. The van der Waals surface area contributed by atoms with Crippen molar-refractivity contribution < 1.29 is 32.3 Å². The molecular weight excluding hydrogens is 522 g/mol. The third kappa shape index (κ3) is 5.59. The van der Waals surface area contributed by atoms with E-state index in [0.717, 1.165) is 9.21 Å². The zero-order valence-electron chi connectivity index (χ0n) is 21.5. The molecule has 11 heteroatoms. The molecule has 202 valence electrons. The molecule has 1 heterocycles. The molecule has 3 aromatic rings. The Kier molecular flexibility index (Phi) is 7.93. The molecule has 0 bridgehead atoms. The summed E-state index contributed by atoms with van der Waals surface area (Å²) in [6.07, 6.45) is -0.363. The third-order valence-corrected chi connectivity index (χ3v) is 8.38. The number of benzene rings is 3. The molecule has 1 saturated heterocycles. The maximum atomic E-state index is 14.0. The number of sulfonamides is 1. The minimum Gasteiger partial charge on any atom is -0.465 e. The number of nitrogens with one attached hydrogen (secondary N) is 1. The molecule has 2 atom stereocenters. The first-order valence-electron chi connectivity index (χ1n) is 12.1. The molecule has 4 rings (SSSR count). The van der Waals surface area contributed by atoms with Crippen molar-refractivity contribution in [2.45, 2.75) is 37.2 Å². The number of ether oxygens (including phenoxy) is 1. The van der Waals surface area contributed by atoms with Crippen molar-refractivity contribution in [2.24, 2.45) is 0 Å². The molecule has 10 nitrogen and oxygen atoms in total. The molecule has 3 aromatic carbocycles. The fourth-order valence-corrected chi connectivity index (χ4v) is 6.27. The van der Waals surface area contributed by atoms with E-state index >= 15 is 0 Å². The van der Waals surface area contributed by atoms with Crippen LogP contribution in [0.4, 0.5) is 11.4 Å². The van der Waals surface area contributed by atoms with Crippen molar-refractivity contribution in [2.75, 3.05) is 17.3 Å². The van der Waals surface area contributed by atoms with Crippen LogP contribution >= 0.6 is 0 Å². The van der Waals surface area contributed by atoms with Crippen LogP contribution in [-0.4, -0.2) is 49.6 Å². The number of carbonyl (C=O) groups excluding carboxylic acids is 4. The lowest BCUT2D eigenvalue weighted by atomic mass is 10.1. The molecule has 1 N–H and O–H groups in total. The summed E-state index contributed by atoms with van der Waals surface area (Å²) in [5.41, 5.74) is 1.50. The molecule has 1 fully saturated rings. The van der Waals surface area contributed by atoms with E-state index in [-0.39, 0.29) is 28.5 Å². The van der Waals surface area contributed by atoms with Crippen LogP contribution in [-0.2, 0) is 29.1 Å². The van der Waals surface area contributed by atoms with Crippen LogP contribution in [0.3, 0.4) is 0 Å². The molecule has 0 spiro atoms. The second-order valence-electron chi connectivity index (χ2n) is 8.95. The maximum Gasteiger partial charge on any atom is 0.337 e. The van der Waals surface area contributed by atoms with E-state index < -0.39 is 39.9 Å². The van der Waals surface area contributed by atoms with E-state index in [2.05, 4.69) is 10.1 Å². The minimum atomic E-state index is -4.30. The van der Waals surface area contributed by atoms with Gasteiger partial charge in [0.25, 0.3) is 5.91 Å². The molecule has 1 aliphatic heterocycles. The van der Waals surface area contributed by atoms with E-state index in [0.29, 0.717) is 11.3 Å². The number of nitrogens with zero attached hydrogens (tertiary/aromatic N) is 2. The van der Waals surface area contributed by atoms with E-state index in [4.69, 9.17) is 0 Å². The Morgan fingerprint density at radius 1 is 0.974 bits per heavy atom. The number of amides is 3. The second kappa shape index (κ2) is 11.2. The Labute approximate surface area is 226 Å². The van der Waals surface area contributed by atoms with Gasteiger partial charge in [0.15, 0.2) is 0 Å². The lowest BCUT2D eigenvalue weighted by Gasteiger charge is -2.32. The van der Waals surface area contributed by atoms with Crippen molar-refractivity contribution in [3.05, 3.63) is 90.0 Å². The van der Waals surface area contributed by atoms with Gasteiger partial charge < -0.3 is 10.1 Å². The first-order chi connectivity index (χ1) is 18.5. The highest BCUT2D eigenvalue weighted by molar-refractivity contribution is 7.89. The summed E-state index contributed by atoms with van der Waals surface area (Å²) in [5, 5.41) is 2.59. The monoisotopic (exact) mass is 549 g/mol. The topological polar surface area (TPSA) is 130 Å². The van der Waals surface area contributed by atoms with Crippen LogP contribution in [0.1, 0.15) is 42.2 Å². The smallest absolute Gasteiger partial charge is 0.337 e. The zero-order chi connectivity index (χ0) is 28.3. The highest BCUT2D eigenvalue weighted by atomic mass is 32.2. The molecule has 39 heavy (non-hydrogen) atoms. The van der Waals surface area contributed by atoms with Gasteiger partial charge in [-0.1, -0.05) is 30.3 Å². The van der Waals surface area contributed by atoms with Gasteiger partial charge in [0.1, 0.15) is 6.04 Å². The number of esters is 1. The number of anilines is 2. The summed E-state index contributed by atoms with van der Waals surface area (Å²) < 4.78 is 33.8. The Balaban J connectivity index is 1.74. The molecule has 1 aliphatic rings. The summed E-state index contributed by atoms with van der Waals surface area (Å²) in [5.74, 6) is -2.15. The highest BCUT2D eigenvalue weighted by Gasteiger charge is 2.49. The normalized spacial score (nSPS) is 16.3. The number of hydrogen-bond donors (Lipinski definition) is 1. The standard InChI is InChI=1S/C28H27N3O7S/c1-18(20-7-5-4-6-8-20)31(39(36,37)24-15-11-22(12-16-24)29-19(2)32)25-17-26(33)30(27(25)34)23-13-9-21(10-14-23)28(35)38-3/h4-16,18,25H,17H2,1-3H3,(H,29,32). The Morgan fingerprint density at radius 3 is 2.15 bits per heavy atom. The van der Waals surface area contributed by atoms with Gasteiger partial charge in [0.05, 0.1) is 29.7 Å². The van der Waals surface area contributed by atoms with Gasteiger partial charge in [-0.2, -0.15) is 4.31 Å². The summed E-state index contributed by atoms with van der Waals surface area (Å²) in [6.45, 7) is 3.00. The third-order valence-electron chi connectivity index (χ3n) is 6.39. The minimum absolute atomic E-state index is 0.0967. The van der Waals surface area contributed by atoms with Crippen molar-refractivity contribution in [1.82, 2.24) is 4.31 Å². The van der Waals surface area contributed by atoms with Gasteiger partial charge in [-0.25, -0.2) is 18.1 Å². The van der Waals surface area contributed by atoms with E-state index in [1.54, 1.807) is 37.3 Å². The predicted molar refractivity (Wildman–Crippen MR) is 143 cm³/mol. The molecular formula is C28H27N3O7S. The first kappa shape index (κ1) is 27.7. The zero-order valence-corrected chi connectivity index (χ0v) is 22.3. The molecule has 2 unspecified atom stereocenters. The van der Waals surface area contributed by atoms with Gasteiger partial charge in [-0.05, 0) is 61.0 Å². The fourth-order valence-electron chi connectivity index (χ4n) is 4.51. The number of hydrogen-bond acceptors (Lipinski definition) is 7. The van der Waals surface area contributed by atoms with Crippen molar-refractivity contribution in [1.29, 1.82) is 0 Å². The number of rotatable bonds is 8. The second-order valence-corrected chi connectivity index (χ2v) is 10.8. The Hall–Kier alpha value is -4.35. The quantitative estimate of drug-likeness (QED) is 0.336. The largest absolute Gasteiger partial charge is 0.465 e. The lowest BCUT2D eigenvalue weighted by molar-refractivity contribution is -0.122. The fraction of sp³-hybridized carbons (Fsp3) is 0.214. The van der Waals surface area contributed by atoms with Crippen molar-refractivity contribution in [3.8, 4) is 0 Å². The summed E-state index contributed by atoms with van der Waals surface area (Å²) in [6, 6.07) is 18.0.